The monoisotopic (exact) mass is 297 g/mol. The summed E-state index contributed by atoms with van der Waals surface area (Å²) in [5.74, 6) is 0. The molecule has 21 heavy (non-hydrogen) atoms. The number of hydrogen-bond acceptors (Lipinski definition) is 3. The summed E-state index contributed by atoms with van der Waals surface area (Å²) in [7, 11) is 0. The van der Waals surface area contributed by atoms with Gasteiger partial charge in [0.15, 0.2) is 0 Å². The summed E-state index contributed by atoms with van der Waals surface area (Å²) in [5, 5.41) is 0. The first-order valence-electron chi connectivity index (χ1n) is 6.23. The predicted octanol–water partition coefficient (Wildman–Crippen LogP) is 2.27. The normalized spacial score (nSPS) is 13.2. The first kappa shape index (κ1) is 15.2. The number of aryl methyl sites for hydroxylation is 1. The first-order chi connectivity index (χ1) is 9.77. The largest absolute Gasteiger partial charge is 0.416 e. The fourth-order valence-corrected chi connectivity index (χ4v) is 1.96. The van der Waals surface area contributed by atoms with Gasteiger partial charge >= 0.3 is 11.9 Å². The Bertz CT molecular complexity index is 694. The second-order valence-electron chi connectivity index (χ2n) is 4.80. The molecule has 0 saturated heterocycles. The third-order valence-electron chi connectivity index (χ3n) is 3.02. The smallest absolute Gasteiger partial charge is 0.322 e. The van der Waals surface area contributed by atoms with Gasteiger partial charge in [0.25, 0.3) is 0 Å². The zero-order valence-corrected chi connectivity index (χ0v) is 11.3. The Morgan fingerprint density at radius 3 is 2.76 bits per heavy atom. The summed E-state index contributed by atoms with van der Waals surface area (Å²) in [6.07, 6.45) is -1.42. The van der Waals surface area contributed by atoms with Crippen LogP contribution in [0.5, 0.6) is 0 Å². The van der Waals surface area contributed by atoms with Crippen LogP contribution in [0.25, 0.3) is 0 Å². The molecule has 2 N–H and O–H groups in total. The SMILES string of the molecule is Cc1cnc(=O)n(CC(N)c2cccc(C(F)(F)F)c2)c1. The molecule has 0 spiro atoms. The summed E-state index contributed by atoms with van der Waals surface area (Å²) in [5.41, 5.74) is 5.75. The third-order valence-corrected chi connectivity index (χ3v) is 3.02. The van der Waals surface area contributed by atoms with Crippen molar-refractivity contribution in [1.29, 1.82) is 0 Å². The number of rotatable bonds is 3. The van der Waals surface area contributed by atoms with Crippen LogP contribution in [0.3, 0.4) is 0 Å². The van der Waals surface area contributed by atoms with Gasteiger partial charge < -0.3 is 5.73 Å². The lowest BCUT2D eigenvalue weighted by Gasteiger charge is -2.15. The highest BCUT2D eigenvalue weighted by Gasteiger charge is 2.30. The summed E-state index contributed by atoms with van der Waals surface area (Å²) >= 11 is 0. The lowest BCUT2D eigenvalue weighted by molar-refractivity contribution is -0.137. The Labute approximate surface area is 119 Å². The third kappa shape index (κ3) is 3.69. The Morgan fingerprint density at radius 1 is 1.38 bits per heavy atom. The number of halogens is 3. The van der Waals surface area contributed by atoms with E-state index in [9.17, 15) is 18.0 Å². The van der Waals surface area contributed by atoms with Gasteiger partial charge in [0.05, 0.1) is 5.56 Å². The van der Waals surface area contributed by atoms with Crippen molar-refractivity contribution in [2.45, 2.75) is 25.7 Å². The van der Waals surface area contributed by atoms with E-state index in [1.807, 2.05) is 0 Å². The van der Waals surface area contributed by atoms with Crippen molar-refractivity contribution in [2.75, 3.05) is 0 Å². The molecule has 1 aromatic carbocycles. The highest BCUT2D eigenvalue weighted by molar-refractivity contribution is 5.27. The van der Waals surface area contributed by atoms with Crippen LogP contribution in [0.15, 0.2) is 41.5 Å². The molecule has 0 aliphatic heterocycles. The van der Waals surface area contributed by atoms with Gasteiger partial charge in [-0.05, 0) is 30.2 Å². The minimum atomic E-state index is -4.42. The van der Waals surface area contributed by atoms with Crippen molar-refractivity contribution < 1.29 is 13.2 Å². The molecule has 0 bridgehead atoms. The molecule has 0 aliphatic rings. The summed E-state index contributed by atoms with van der Waals surface area (Å²) < 4.78 is 39.3. The van der Waals surface area contributed by atoms with Gasteiger partial charge in [0.2, 0.25) is 0 Å². The zero-order chi connectivity index (χ0) is 15.6. The van der Waals surface area contributed by atoms with Gasteiger partial charge in [-0.2, -0.15) is 13.2 Å². The Kier molecular flexibility index (Phi) is 4.13. The van der Waals surface area contributed by atoms with Gasteiger partial charge in [0.1, 0.15) is 0 Å². The lowest BCUT2D eigenvalue weighted by atomic mass is 10.0. The molecule has 2 aromatic rings. The Hall–Kier alpha value is -2.15. The topological polar surface area (TPSA) is 60.9 Å². The van der Waals surface area contributed by atoms with E-state index in [-0.39, 0.29) is 6.54 Å². The average molecular weight is 297 g/mol. The zero-order valence-electron chi connectivity index (χ0n) is 11.3. The van der Waals surface area contributed by atoms with Gasteiger partial charge in [-0.1, -0.05) is 12.1 Å². The second kappa shape index (κ2) is 5.69. The Morgan fingerprint density at radius 2 is 2.10 bits per heavy atom. The van der Waals surface area contributed by atoms with Gasteiger partial charge in [-0.15, -0.1) is 0 Å². The molecule has 0 amide bonds. The van der Waals surface area contributed by atoms with Crippen LogP contribution in [-0.4, -0.2) is 9.55 Å². The average Bonchev–Trinajstić information content (AvgIpc) is 2.42. The fourth-order valence-electron chi connectivity index (χ4n) is 1.96. The summed E-state index contributed by atoms with van der Waals surface area (Å²) in [6, 6.07) is 4.06. The van der Waals surface area contributed by atoms with Crippen molar-refractivity contribution >= 4 is 0 Å². The molecular formula is C14H14F3N3O. The maximum Gasteiger partial charge on any atom is 0.416 e. The molecule has 4 nitrogen and oxygen atoms in total. The molecule has 2 rings (SSSR count). The van der Waals surface area contributed by atoms with Crippen LogP contribution >= 0.6 is 0 Å². The second-order valence-corrected chi connectivity index (χ2v) is 4.80. The van der Waals surface area contributed by atoms with Crippen LogP contribution in [-0.2, 0) is 12.7 Å². The maximum atomic E-state index is 12.7. The fraction of sp³-hybridized carbons (Fsp3) is 0.286. The number of nitrogens with two attached hydrogens (primary N) is 1. The van der Waals surface area contributed by atoms with E-state index in [1.165, 1.54) is 22.9 Å². The van der Waals surface area contributed by atoms with Gasteiger partial charge in [0, 0.05) is 25.0 Å². The van der Waals surface area contributed by atoms with E-state index in [4.69, 9.17) is 5.73 Å². The van der Waals surface area contributed by atoms with Crippen LogP contribution < -0.4 is 11.4 Å². The molecule has 0 radical (unpaired) electrons. The molecular weight excluding hydrogens is 283 g/mol. The van der Waals surface area contributed by atoms with Crippen molar-refractivity contribution in [3.63, 3.8) is 0 Å². The minimum Gasteiger partial charge on any atom is -0.322 e. The minimum absolute atomic E-state index is 0.0643. The molecule has 1 unspecified atom stereocenters. The lowest BCUT2D eigenvalue weighted by Crippen LogP contribution is -2.28. The molecule has 0 fully saturated rings. The van der Waals surface area contributed by atoms with Crippen LogP contribution in [0.2, 0.25) is 0 Å². The number of hydrogen-bond donors (Lipinski definition) is 1. The van der Waals surface area contributed by atoms with Crippen LogP contribution in [0, 0.1) is 6.92 Å². The maximum absolute atomic E-state index is 12.7. The number of nitrogens with zero attached hydrogens (tertiary/aromatic N) is 2. The molecule has 1 aromatic heterocycles. The van der Waals surface area contributed by atoms with Crippen molar-refractivity contribution in [3.8, 4) is 0 Å². The summed E-state index contributed by atoms with van der Waals surface area (Å²) in [4.78, 5) is 15.2. The first-order valence-corrected chi connectivity index (χ1v) is 6.23. The van der Waals surface area contributed by atoms with E-state index < -0.39 is 23.5 Å². The van der Waals surface area contributed by atoms with Crippen molar-refractivity contribution in [1.82, 2.24) is 9.55 Å². The van der Waals surface area contributed by atoms with E-state index in [0.29, 0.717) is 5.56 Å². The number of alkyl halides is 3. The van der Waals surface area contributed by atoms with Crippen molar-refractivity contribution in [2.24, 2.45) is 5.73 Å². The highest BCUT2D eigenvalue weighted by atomic mass is 19.4. The van der Waals surface area contributed by atoms with E-state index >= 15 is 0 Å². The molecule has 0 saturated carbocycles. The standard InChI is InChI=1S/C14H14F3N3O/c1-9-6-19-13(21)20(7-9)8-12(18)10-3-2-4-11(5-10)14(15,16)17/h2-7,12H,8,18H2,1H3. The van der Waals surface area contributed by atoms with E-state index in [1.54, 1.807) is 13.1 Å². The molecule has 1 atom stereocenters. The molecule has 1 heterocycles. The van der Waals surface area contributed by atoms with Crippen LogP contribution in [0.1, 0.15) is 22.7 Å². The van der Waals surface area contributed by atoms with Gasteiger partial charge in [-0.3, -0.25) is 4.57 Å². The number of benzene rings is 1. The van der Waals surface area contributed by atoms with E-state index in [2.05, 4.69) is 4.98 Å². The predicted molar refractivity (Wildman–Crippen MR) is 71.6 cm³/mol. The molecule has 7 heteroatoms. The van der Waals surface area contributed by atoms with Gasteiger partial charge in [-0.25, -0.2) is 9.78 Å². The molecule has 0 aliphatic carbocycles. The van der Waals surface area contributed by atoms with E-state index in [0.717, 1.165) is 17.7 Å². The highest BCUT2D eigenvalue weighted by Crippen LogP contribution is 2.30. The van der Waals surface area contributed by atoms with Crippen molar-refractivity contribution in [3.05, 3.63) is 63.8 Å². The number of aromatic nitrogens is 2. The Balaban J connectivity index is 2.26. The molecule has 112 valence electrons. The summed E-state index contributed by atoms with van der Waals surface area (Å²) in [6.45, 7) is 1.83. The van der Waals surface area contributed by atoms with Crippen LogP contribution in [0.4, 0.5) is 13.2 Å². The quantitative estimate of drug-likeness (QED) is 0.945.